The minimum Gasteiger partial charge on any atom is -0.464 e. The molecule has 23 heavy (non-hydrogen) atoms. The summed E-state index contributed by atoms with van der Waals surface area (Å²) >= 11 is 7.24. The molecule has 1 saturated heterocycles. The van der Waals surface area contributed by atoms with E-state index in [2.05, 4.69) is 10.6 Å². The van der Waals surface area contributed by atoms with Crippen LogP contribution in [0, 0.1) is 0 Å². The largest absolute Gasteiger partial charge is 0.464 e. The molecule has 0 bridgehead atoms. The number of rotatable bonds is 5. The molecular weight excluding hydrogens is 340 g/mol. The Hall–Kier alpha value is -1.73. The summed E-state index contributed by atoms with van der Waals surface area (Å²) in [5.41, 5.74) is 0.504. The third-order valence-electron chi connectivity index (χ3n) is 3.16. The van der Waals surface area contributed by atoms with E-state index in [9.17, 15) is 14.4 Å². The number of anilines is 1. The highest BCUT2D eigenvalue weighted by molar-refractivity contribution is 8.00. The fourth-order valence-corrected chi connectivity index (χ4v) is 3.36. The van der Waals surface area contributed by atoms with Gasteiger partial charge in [0, 0.05) is 12.2 Å². The number of halogens is 1. The van der Waals surface area contributed by atoms with Gasteiger partial charge in [0.05, 0.1) is 22.6 Å². The monoisotopic (exact) mass is 356 g/mol. The van der Waals surface area contributed by atoms with Crippen LogP contribution in [0.3, 0.4) is 0 Å². The number of hydrogen-bond acceptors (Lipinski definition) is 5. The Labute approximate surface area is 143 Å². The molecule has 2 amide bonds. The summed E-state index contributed by atoms with van der Waals surface area (Å²) in [6.45, 7) is 1.97. The smallest absolute Gasteiger partial charge is 0.329 e. The van der Waals surface area contributed by atoms with E-state index in [1.54, 1.807) is 31.2 Å². The molecule has 0 aliphatic carbocycles. The Morgan fingerprint density at radius 3 is 2.83 bits per heavy atom. The maximum Gasteiger partial charge on any atom is 0.329 e. The fourth-order valence-electron chi connectivity index (χ4n) is 2.05. The van der Waals surface area contributed by atoms with Crippen LogP contribution in [0.25, 0.3) is 0 Å². The maximum absolute atomic E-state index is 12.0. The average Bonchev–Trinajstić information content (AvgIpc) is 2.52. The van der Waals surface area contributed by atoms with Gasteiger partial charge in [0.15, 0.2) is 0 Å². The zero-order valence-corrected chi connectivity index (χ0v) is 14.1. The number of para-hydroxylation sites is 1. The standard InChI is InChI=1S/C15H17ClN2O4S/c1-2-22-15(21)11-8-23-12(14(20)18-11)7-13(19)17-10-6-4-3-5-9(10)16/h3-6,11-12H,2,7-8H2,1H3,(H,17,19)(H,18,20)/t11-,12-/m1/s1. The van der Waals surface area contributed by atoms with Crippen LogP contribution < -0.4 is 10.6 Å². The number of hydrogen-bond donors (Lipinski definition) is 2. The summed E-state index contributed by atoms with van der Waals surface area (Å²) in [6, 6.07) is 6.22. The van der Waals surface area contributed by atoms with Crippen molar-refractivity contribution in [3.63, 3.8) is 0 Å². The molecule has 1 aromatic rings. The highest BCUT2D eigenvalue weighted by atomic mass is 35.5. The number of benzene rings is 1. The van der Waals surface area contributed by atoms with E-state index in [-0.39, 0.29) is 24.8 Å². The van der Waals surface area contributed by atoms with E-state index < -0.39 is 17.3 Å². The predicted octanol–water partition coefficient (Wildman–Crippen LogP) is 1.83. The van der Waals surface area contributed by atoms with E-state index in [0.717, 1.165) is 0 Å². The van der Waals surface area contributed by atoms with E-state index in [1.807, 2.05) is 0 Å². The lowest BCUT2D eigenvalue weighted by Crippen LogP contribution is -2.51. The van der Waals surface area contributed by atoms with Crippen LogP contribution >= 0.6 is 23.4 Å². The van der Waals surface area contributed by atoms with E-state index in [1.165, 1.54) is 11.8 Å². The quantitative estimate of drug-likeness (QED) is 0.786. The van der Waals surface area contributed by atoms with Crippen molar-refractivity contribution in [2.24, 2.45) is 0 Å². The Kier molecular flexibility index (Phi) is 6.29. The number of thioether (sulfide) groups is 1. The van der Waals surface area contributed by atoms with Crippen molar-refractivity contribution in [3.05, 3.63) is 29.3 Å². The minimum atomic E-state index is -0.657. The minimum absolute atomic E-state index is 0.0112. The molecule has 8 heteroatoms. The Bertz CT molecular complexity index is 611. The topological polar surface area (TPSA) is 84.5 Å². The van der Waals surface area contributed by atoms with Gasteiger partial charge in [0.1, 0.15) is 6.04 Å². The number of carbonyl (C=O) groups excluding carboxylic acids is 3. The van der Waals surface area contributed by atoms with Gasteiger partial charge in [-0.3, -0.25) is 9.59 Å². The Morgan fingerprint density at radius 2 is 2.17 bits per heavy atom. The zero-order valence-electron chi connectivity index (χ0n) is 12.5. The summed E-state index contributed by atoms with van der Waals surface area (Å²) < 4.78 is 4.88. The van der Waals surface area contributed by atoms with Gasteiger partial charge >= 0.3 is 5.97 Å². The first-order valence-electron chi connectivity index (χ1n) is 7.14. The molecular formula is C15H17ClN2O4S. The number of carbonyl (C=O) groups is 3. The molecule has 1 aromatic carbocycles. The zero-order chi connectivity index (χ0) is 16.8. The number of nitrogens with one attached hydrogen (secondary N) is 2. The van der Waals surface area contributed by atoms with Crippen molar-refractivity contribution in [2.75, 3.05) is 17.7 Å². The van der Waals surface area contributed by atoms with Crippen LogP contribution in [-0.4, -0.2) is 41.4 Å². The van der Waals surface area contributed by atoms with Crippen molar-refractivity contribution in [2.45, 2.75) is 24.6 Å². The van der Waals surface area contributed by atoms with Gasteiger partial charge in [-0.2, -0.15) is 0 Å². The van der Waals surface area contributed by atoms with Crippen molar-refractivity contribution >= 4 is 46.8 Å². The molecule has 1 aliphatic rings. The molecule has 1 fully saturated rings. The van der Waals surface area contributed by atoms with E-state index in [0.29, 0.717) is 16.5 Å². The molecule has 2 N–H and O–H groups in total. The maximum atomic E-state index is 12.0. The van der Waals surface area contributed by atoms with Gasteiger partial charge in [-0.15, -0.1) is 11.8 Å². The third kappa shape index (κ3) is 4.87. The van der Waals surface area contributed by atoms with E-state index >= 15 is 0 Å². The second-order valence-electron chi connectivity index (χ2n) is 4.87. The first-order valence-corrected chi connectivity index (χ1v) is 8.57. The van der Waals surface area contributed by atoms with Crippen LogP contribution in [0.2, 0.25) is 5.02 Å². The van der Waals surface area contributed by atoms with Crippen molar-refractivity contribution in [1.29, 1.82) is 0 Å². The van der Waals surface area contributed by atoms with Gasteiger partial charge in [0.25, 0.3) is 0 Å². The van der Waals surface area contributed by atoms with Crippen LogP contribution in [0.15, 0.2) is 24.3 Å². The highest BCUT2D eigenvalue weighted by Gasteiger charge is 2.34. The number of esters is 1. The third-order valence-corrected chi connectivity index (χ3v) is 4.80. The summed E-state index contributed by atoms with van der Waals surface area (Å²) in [5.74, 6) is -0.713. The lowest BCUT2D eigenvalue weighted by atomic mass is 10.2. The molecule has 0 spiro atoms. The molecule has 0 aromatic heterocycles. The fraction of sp³-hybridized carbons (Fsp3) is 0.400. The highest BCUT2D eigenvalue weighted by Crippen LogP contribution is 2.24. The molecule has 2 rings (SSSR count). The Balaban J connectivity index is 1.87. The summed E-state index contributed by atoms with van der Waals surface area (Å²) in [6.07, 6.45) is 0.0112. The second kappa shape index (κ2) is 8.21. The number of amides is 2. The van der Waals surface area contributed by atoms with Crippen molar-refractivity contribution in [3.8, 4) is 0 Å². The second-order valence-corrected chi connectivity index (χ2v) is 6.51. The van der Waals surface area contributed by atoms with Gasteiger partial charge in [-0.1, -0.05) is 23.7 Å². The molecule has 124 valence electrons. The van der Waals surface area contributed by atoms with Gasteiger partial charge in [-0.05, 0) is 19.1 Å². The molecule has 1 aliphatic heterocycles. The molecule has 6 nitrogen and oxygen atoms in total. The van der Waals surface area contributed by atoms with Gasteiger partial charge < -0.3 is 15.4 Å². The van der Waals surface area contributed by atoms with Crippen LogP contribution in [0.4, 0.5) is 5.69 Å². The molecule has 1 heterocycles. The van der Waals surface area contributed by atoms with Crippen LogP contribution in [0.1, 0.15) is 13.3 Å². The first kappa shape index (κ1) is 17.6. The first-order chi connectivity index (χ1) is 11.0. The summed E-state index contributed by atoms with van der Waals surface area (Å²) in [7, 11) is 0. The molecule has 2 atom stereocenters. The normalized spacial score (nSPS) is 20.5. The summed E-state index contributed by atoms with van der Waals surface area (Å²) in [5, 5.41) is 5.16. The number of ether oxygens (including phenoxy) is 1. The molecule has 0 radical (unpaired) electrons. The average molecular weight is 357 g/mol. The SMILES string of the molecule is CCOC(=O)[C@H]1CS[C@H](CC(=O)Nc2ccccc2Cl)C(=O)N1. The summed E-state index contributed by atoms with van der Waals surface area (Å²) in [4.78, 5) is 35.7. The molecule has 0 unspecified atom stereocenters. The van der Waals surface area contributed by atoms with Crippen LogP contribution in [0.5, 0.6) is 0 Å². The molecule has 0 saturated carbocycles. The van der Waals surface area contributed by atoms with Crippen molar-refractivity contribution in [1.82, 2.24) is 5.32 Å². The van der Waals surface area contributed by atoms with Gasteiger partial charge in [-0.25, -0.2) is 4.79 Å². The lowest BCUT2D eigenvalue weighted by Gasteiger charge is -2.27. The van der Waals surface area contributed by atoms with Crippen molar-refractivity contribution < 1.29 is 19.1 Å². The lowest BCUT2D eigenvalue weighted by molar-refractivity contribution is -0.146. The van der Waals surface area contributed by atoms with Gasteiger partial charge in [0.2, 0.25) is 11.8 Å². The van der Waals surface area contributed by atoms with Crippen LogP contribution in [-0.2, 0) is 19.1 Å². The Morgan fingerprint density at radius 1 is 1.43 bits per heavy atom. The predicted molar refractivity (Wildman–Crippen MR) is 89.5 cm³/mol. The van der Waals surface area contributed by atoms with E-state index in [4.69, 9.17) is 16.3 Å².